The van der Waals surface area contributed by atoms with Crippen molar-refractivity contribution >= 4 is 17.4 Å². The minimum Gasteiger partial charge on any atom is -0.356 e. The second kappa shape index (κ2) is 3.97. The first-order chi connectivity index (χ1) is 7.08. The molecule has 1 fully saturated rings. The normalized spacial score (nSPS) is 21.1. The second-order valence-electron chi connectivity index (χ2n) is 4.35. The smallest absolute Gasteiger partial charge is 0.137 e. The van der Waals surface area contributed by atoms with Crippen LogP contribution in [0.1, 0.15) is 24.7 Å². The summed E-state index contributed by atoms with van der Waals surface area (Å²) in [5, 5.41) is 0.581. The minimum absolute atomic E-state index is 0.581. The van der Waals surface area contributed by atoms with Crippen LogP contribution >= 0.6 is 11.6 Å². The first-order valence-electron chi connectivity index (χ1n) is 5.33. The van der Waals surface area contributed by atoms with Gasteiger partial charge in [-0.3, -0.25) is 0 Å². The molecule has 1 aliphatic rings. The Labute approximate surface area is 95.5 Å². The highest BCUT2D eigenvalue weighted by Gasteiger charge is 2.22. The third-order valence-corrected chi connectivity index (χ3v) is 3.26. The third-order valence-electron chi connectivity index (χ3n) is 2.90. The molecule has 1 aromatic heterocycles. The van der Waals surface area contributed by atoms with Gasteiger partial charge in [0.05, 0.1) is 0 Å². The van der Waals surface area contributed by atoms with Crippen LogP contribution in [0, 0.1) is 19.8 Å². The summed E-state index contributed by atoms with van der Waals surface area (Å²) in [6.07, 6.45) is 1.24. The standard InChI is InChI=1S/C11H16ClN3/c1-7-4-5-15(6-7)11-8(2)10(12)13-9(3)14-11/h7H,4-6H2,1-3H3. The van der Waals surface area contributed by atoms with Crippen LogP contribution in [0.4, 0.5) is 5.82 Å². The van der Waals surface area contributed by atoms with E-state index >= 15 is 0 Å². The van der Waals surface area contributed by atoms with Crippen molar-refractivity contribution < 1.29 is 0 Å². The predicted octanol–water partition coefficient (Wildman–Crippen LogP) is 2.59. The van der Waals surface area contributed by atoms with E-state index in [1.54, 1.807) is 0 Å². The molecule has 3 nitrogen and oxygen atoms in total. The van der Waals surface area contributed by atoms with E-state index in [4.69, 9.17) is 11.6 Å². The summed E-state index contributed by atoms with van der Waals surface area (Å²) in [6.45, 7) is 8.29. The zero-order chi connectivity index (χ0) is 11.0. The van der Waals surface area contributed by atoms with Gasteiger partial charge in [-0.25, -0.2) is 9.97 Å². The van der Waals surface area contributed by atoms with E-state index in [2.05, 4.69) is 21.8 Å². The highest BCUT2D eigenvalue weighted by atomic mass is 35.5. The fourth-order valence-corrected chi connectivity index (χ4v) is 2.22. The van der Waals surface area contributed by atoms with E-state index < -0.39 is 0 Å². The fraction of sp³-hybridized carbons (Fsp3) is 0.636. The monoisotopic (exact) mass is 225 g/mol. The Balaban J connectivity index is 2.35. The van der Waals surface area contributed by atoms with Crippen LogP contribution in [0.25, 0.3) is 0 Å². The van der Waals surface area contributed by atoms with Crippen molar-refractivity contribution in [2.24, 2.45) is 5.92 Å². The maximum absolute atomic E-state index is 6.06. The van der Waals surface area contributed by atoms with E-state index in [-0.39, 0.29) is 0 Å². The molecule has 0 bridgehead atoms. The number of anilines is 1. The Hall–Kier alpha value is -0.830. The van der Waals surface area contributed by atoms with Gasteiger partial charge in [0.25, 0.3) is 0 Å². The quantitative estimate of drug-likeness (QED) is 0.688. The molecule has 0 aromatic carbocycles. The van der Waals surface area contributed by atoms with Gasteiger partial charge >= 0.3 is 0 Å². The molecule has 2 rings (SSSR count). The van der Waals surface area contributed by atoms with Gasteiger partial charge in [-0.05, 0) is 26.2 Å². The van der Waals surface area contributed by atoms with E-state index in [1.807, 2.05) is 13.8 Å². The Morgan fingerprint density at radius 3 is 2.67 bits per heavy atom. The van der Waals surface area contributed by atoms with E-state index in [0.29, 0.717) is 5.15 Å². The van der Waals surface area contributed by atoms with Crippen molar-refractivity contribution in [1.29, 1.82) is 0 Å². The van der Waals surface area contributed by atoms with Crippen molar-refractivity contribution in [3.05, 3.63) is 16.5 Å². The van der Waals surface area contributed by atoms with Crippen LogP contribution < -0.4 is 4.90 Å². The molecule has 0 N–H and O–H groups in total. The van der Waals surface area contributed by atoms with Crippen LogP contribution in [-0.2, 0) is 0 Å². The summed E-state index contributed by atoms with van der Waals surface area (Å²) in [7, 11) is 0. The number of hydrogen-bond donors (Lipinski definition) is 0. The Kier molecular flexibility index (Phi) is 2.83. The molecule has 1 unspecified atom stereocenters. The molecule has 2 heterocycles. The second-order valence-corrected chi connectivity index (χ2v) is 4.71. The number of rotatable bonds is 1. The lowest BCUT2D eigenvalue weighted by Crippen LogP contribution is -2.22. The van der Waals surface area contributed by atoms with Gasteiger partial charge in [0.15, 0.2) is 0 Å². The minimum atomic E-state index is 0.581. The Bertz CT molecular complexity index is 378. The lowest BCUT2D eigenvalue weighted by Gasteiger charge is -2.19. The van der Waals surface area contributed by atoms with Crippen LogP contribution in [0.15, 0.2) is 0 Å². The van der Waals surface area contributed by atoms with E-state index in [9.17, 15) is 0 Å². The molecule has 0 aliphatic carbocycles. The predicted molar refractivity (Wildman–Crippen MR) is 62.5 cm³/mol. The number of hydrogen-bond acceptors (Lipinski definition) is 3. The molecule has 1 aliphatic heterocycles. The molecule has 82 valence electrons. The maximum atomic E-state index is 6.06. The zero-order valence-corrected chi connectivity index (χ0v) is 10.2. The SMILES string of the molecule is Cc1nc(Cl)c(C)c(N2CCC(C)C2)n1. The lowest BCUT2D eigenvalue weighted by atomic mass is 10.2. The van der Waals surface area contributed by atoms with Gasteiger partial charge in [0, 0.05) is 18.7 Å². The van der Waals surface area contributed by atoms with Crippen molar-refractivity contribution in [2.75, 3.05) is 18.0 Å². The first kappa shape index (κ1) is 10.7. The Morgan fingerprint density at radius 1 is 1.33 bits per heavy atom. The highest BCUT2D eigenvalue weighted by Crippen LogP contribution is 2.27. The van der Waals surface area contributed by atoms with Crippen molar-refractivity contribution in [2.45, 2.75) is 27.2 Å². The molecule has 0 saturated carbocycles. The molecule has 4 heteroatoms. The van der Waals surface area contributed by atoms with Crippen LogP contribution in [0.5, 0.6) is 0 Å². The Morgan fingerprint density at radius 2 is 2.07 bits per heavy atom. The fourth-order valence-electron chi connectivity index (χ4n) is 2.02. The largest absolute Gasteiger partial charge is 0.356 e. The molecule has 1 atom stereocenters. The average Bonchev–Trinajstić information content (AvgIpc) is 2.58. The number of aryl methyl sites for hydroxylation is 1. The van der Waals surface area contributed by atoms with E-state index in [0.717, 1.165) is 36.2 Å². The number of nitrogens with zero attached hydrogens (tertiary/aromatic N) is 3. The molecule has 1 aromatic rings. The molecule has 0 spiro atoms. The van der Waals surface area contributed by atoms with Crippen LogP contribution in [-0.4, -0.2) is 23.1 Å². The van der Waals surface area contributed by atoms with Crippen LogP contribution in [0.2, 0.25) is 5.15 Å². The van der Waals surface area contributed by atoms with Gasteiger partial charge in [-0.15, -0.1) is 0 Å². The van der Waals surface area contributed by atoms with Crippen molar-refractivity contribution in [1.82, 2.24) is 9.97 Å². The molecule has 1 saturated heterocycles. The van der Waals surface area contributed by atoms with Gasteiger partial charge in [0.2, 0.25) is 0 Å². The van der Waals surface area contributed by atoms with Gasteiger partial charge in [-0.1, -0.05) is 18.5 Å². The summed E-state index contributed by atoms with van der Waals surface area (Å²) >= 11 is 6.06. The third kappa shape index (κ3) is 2.07. The molecular weight excluding hydrogens is 210 g/mol. The number of halogens is 1. The lowest BCUT2D eigenvalue weighted by molar-refractivity contribution is 0.658. The van der Waals surface area contributed by atoms with Gasteiger partial charge < -0.3 is 4.90 Å². The first-order valence-corrected chi connectivity index (χ1v) is 5.71. The summed E-state index contributed by atoms with van der Waals surface area (Å²) < 4.78 is 0. The highest BCUT2D eigenvalue weighted by molar-refractivity contribution is 6.30. The number of aromatic nitrogens is 2. The molecular formula is C11H16ClN3. The van der Waals surface area contributed by atoms with Crippen molar-refractivity contribution in [3.63, 3.8) is 0 Å². The van der Waals surface area contributed by atoms with Crippen LogP contribution in [0.3, 0.4) is 0 Å². The summed E-state index contributed by atoms with van der Waals surface area (Å²) in [4.78, 5) is 10.9. The molecule has 0 radical (unpaired) electrons. The van der Waals surface area contributed by atoms with E-state index in [1.165, 1.54) is 6.42 Å². The molecule has 15 heavy (non-hydrogen) atoms. The average molecular weight is 226 g/mol. The summed E-state index contributed by atoms with van der Waals surface area (Å²) in [5.41, 5.74) is 0.997. The molecule has 0 amide bonds. The summed E-state index contributed by atoms with van der Waals surface area (Å²) in [5.74, 6) is 2.51. The topological polar surface area (TPSA) is 29.0 Å². The zero-order valence-electron chi connectivity index (χ0n) is 9.42. The summed E-state index contributed by atoms with van der Waals surface area (Å²) in [6, 6.07) is 0. The maximum Gasteiger partial charge on any atom is 0.137 e. The van der Waals surface area contributed by atoms with Gasteiger partial charge in [0.1, 0.15) is 16.8 Å². The van der Waals surface area contributed by atoms with Crippen molar-refractivity contribution in [3.8, 4) is 0 Å². The van der Waals surface area contributed by atoms with Gasteiger partial charge in [-0.2, -0.15) is 0 Å².